The van der Waals surface area contributed by atoms with Crippen molar-refractivity contribution in [3.05, 3.63) is 83.6 Å². The highest BCUT2D eigenvalue weighted by atomic mass is 32.2. The second kappa shape index (κ2) is 9.03. The van der Waals surface area contributed by atoms with Crippen molar-refractivity contribution in [3.63, 3.8) is 0 Å². The van der Waals surface area contributed by atoms with Gasteiger partial charge in [0.1, 0.15) is 11.6 Å². The molecule has 2 N–H and O–H groups in total. The molecular weight excluding hydrogens is 444 g/mol. The molecule has 0 bridgehead atoms. The van der Waals surface area contributed by atoms with Crippen LogP contribution in [-0.4, -0.2) is 35.6 Å². The number of amides is 1. The fourth-order valence-corrected chi connectivity index (χ4v) is 4.87. The summed E-state index contributed by atoms with van der Waals surface area (Å²) in [4.78, 5) is 28.3. The number of aryl methyl sites for hydroxylation is 1. The quantitative estimate of drug-likeness (QED) is 0.518. The van der Waals surface area contributed by atoms with Crippen molar-refractivity contribution in [1.82, 2.24) is 4.98 Å². The lowest BCUT2D eigenvalue weighted by Gasteiger charge is -2.19. The van der Waals surface area contributed by atoms with Gasteiger partial charge in [0.25, 0.3) is 5.91 Å². The van der Waals surface area contributed by atoms with Gasteiger partial charge in [-0.2, -0.15) is 0 Å². The number of carboxylic acids is 1. The van der Waals surface area contributed by atoms with Crippen LogP contribution in [0.4, 0.5) is 5.82 Å². The molecule has 1 unspecified atom stereocenters. The van der Waals surface area contributed by atoms with E-state index in [1.807, 2.05) is 19.1 Å². The largest absolute Gasteiger partial charge is 0.478 e. The maximum atomic E-state index is 13.1. The summed E-state index contributed by atoms with van der Waals surface area (Å²) in [6.45, 7) is 1.93. The topological polar surface area (TPSA) is 123 Å². The van der Waals surface area contributed by atoms with Crippen molar-refractivity contribution in [1.29, 1.82) is 0 Å². The fourth-order valence-electron chi connectivity index (χ4n) is 3.22. The number of ether oxygens (including phenoxy) is 1. The highest BCUT2D eigenvalue weighted by Crippen LogP contribution is 2.34. The van der Waals surface area contributed by atoms with E-state index >= 15 is 0 Å². The van der Waals surface area contributed by atoms with E-state index < -0.39 is 27.8 Å². The van der Waals surface area contributed by atoms with Gasteiger partial charge in [0, 0.05) is 11.8 Å². The summed E-state index contributed by atoms with van der Waals surface area (Å²) in [6, 6.07) is 16.0. The molecule has 1 amide bonds. The molecule has 1 fully saturated rings. The van der Waals surface area contributed by atoms with Crippen LogP contribution in [0.25, 0.3) is 0 Å². The Morgan fingerprint density at radius 3 is 2.24 bits per heavy atom. The van der Waals surface area contributed by atoms with Crippen molar-refractivity contribution in [2.45, 2.75) is 36.0 Å². The van der Waals surface area contributed by atoms with Gasteiger partial charge in [-0.15, -0.1) is 0 Å². The molecule has 1 aliphatic carbocycles. The van der Waals surface area contributed by atoms with Gasteiger partial charge in [-0.25, -0.2) is 18.2 Å². The second-order valence-corrected chi connectivity index (χ2v) is 10.1. The Morgan fingerprint density at radius 1 is 1.03 bits per heavy atom. The third kappa shape index (κ3) is 5.20. The number of sulfone groups is 1. The lowest BCUT2D eigenvalue weighted by atomic mass is 10.1. The van der Waals surface area contributed by atoms with Crippen LogP contribution in [-0.2, 0) is 14.6 Å². The summed E-state index contributed by atoms with van der Waals surface area (Å²) in [5.41, 5.74) is 1.48. The van der Waals surface area contributed by atoms with E-state index in [1.54, 1.807) is 24.3 Å². The first-order valence-electron chi connectivity index (χ1n) is 10.3. The van der Waals surface area contributed by atoms with Crippen molar-refractivity contribution >= 4 is 27.5 Å². The standard InChI is InChI=1S/C24H22N2O6S/c1-15-2-7-18(8-3-15)32-22(23(27)26-21-13-6-17(14-25-21)24(28)29)16-4-9-19(10-5-16)33(30,31)20-11-12-20/h2-10,13-14,20,22H,11-12H2,1H3,(H,28,29)(H,25,26,27). The second-order valence-electron chi connectivity index (χ2n) is 7.85. The van der Waals surface area contributed by atoms with E-state index in [2.05, 4.69) is 10.3 Å². The Morgan fingerprint density at radius 2 is 1.70 bits per heavy atom. The zero-order chi connectivity index (χ0) is 23.6. The number of carbonyl (C=O) groups is 2. The highest BCUT2D eigenvalue weighted by molar-refractivity contribution is 7.92. The molecule has 9 heteroatoms. The number of benzene rings is 2. The normalized spacial score (nSPS) is 14.3. The van der Waals surface area contributed by atoms with Crippen LogP contribution < -0.4 is 10.1 Å². The van der Waals surface area contributed by atoms with Gasteiger partial charge in [-0.1, -0.05) is 29.8 Å². The molecule has 3 aromatic rings. The first kappa shape index (κ1) is 22.5. The maximum Gasteiger partial charge on any atom is 0.337 e. The highest BCUT2D eigenvalue weighted by Gasteiger charge is 2.37. The number of carbonyl (C=O) groups excluding carboxylic acids is 1. The summed E-state index contributed by atoms with van der Waals surface area (Å²) in [5, 5.41) is 11.3. The number of carboxylic acid groups (broad SMARTS) is 1. The first-order chi connectivity index (χ1) is 15.7. The minimum absolute atomic E-state index is 0.00656. The molecule has 2 aromatic carbocycles. The van der Waals surface area contributed by atoms with Gasteiger partial charge in [0.05, 0.1) is 15.7 Å². The lowest BCUT2D eigenvalue weighted by Crippen LogP contribution is -2.26. The third-order valence-electron chi connectivity index (χ3n) is 5.25. The molecule has 0 radical (unpaired) electrons. The molecule has 1 aromatic heterocycles. The van der Waals surface area contributed by atoms with Gasteiger partial charge < -0.3 is 15.2 Å². The number of pyridine rings is 1. The van der Waals surface area contributed by atoms with Crippen LogP contribution in [0.1, 0.15) is 40.4 Å². The van der Waals surface area contributed by atoms with Crippen LogP contribution in [0.3, 0.4) is 0 Å². The number of hydrogen-bond acceptors (Lipinski definition) is 6. The minimum Gasteiger partial charge on any atom is -0.478 e. The first-order valence-corrected chi connectivity index (χ1v) is 11.9. The Hall–Kier alpha value is -3.72. The smallest absolute Gasteiger partial charge is 0.337 e. The predicted molar refractivity (Wildman–Crippen MR) is 121 cm³/mol. The van der Waals surface area contributed by atoms with Crippen LogP contribution in [0.15, 0.2) is 71.8 Å². The Labute approximate surface area is 191 Å². The minimum atomic E-state index is -3.35. The molecule has 1 saturated carbocycles. The van der Waals surface area contributed by atoms with Crippen LogP contribution in [0.2, 0.25) is 0 Å². The summed E-state index contributed by atoms with van der Waals surface area (Å²) >= 11 is 0. The predicted octanol–water partition coefficient (Wildman–Crippen LogP) is 3.78. The zero-order valence-electron chi connectivity index (χ0n) is 17.8. The molecular formula is C24H22N2O6S. The number of nitrogens with zero attached hydrogens (tertiary/aromatic N) is 1. The molecule has 1 aliphatic rings. The molecule has 0 saturated heterocycles. The van der Waals surface area contributed by atoms with Gasteiger partial charge in [0.2, 0.25) is 6.10 Å². The molecule has 0 aliphatic heterocycles. The molecule has 33 heavy (non-hydrogen) atoms. The molecule has 0 spiro atoms. The summed E-state index contributed by atoms with van der Waals surface area (Å²) in [6.07, 6.45) is 1.38. The van der Waals surface area contributed by atoms with Gasteiger partial charge in [0.15, 0.2) is 9.84 Å². The van der Waals surface area contributed by atoms with Crippen molar-refractivity contribution < 1.29 is 27.9 Å². The summed E-state index contributed by atoms with van der Waals surface area (Å²) in [5.74, 6) is -1.04. The van der Waals surface area contributed by atoms with E-state index in [0.29, 0.717) is 24.2 Å². The fraction of sp³-hybridized carbons (Fsp3) is 0.208. The van der Waals surface area contributed by atoms with Crippen LogP contribution >= 0.6 is 0 Å². The maximum absolute atomic E-state index is 13.1. The molecule has 1 heterocycles. The Kier molecular flexibility index (Phi) is 6.15. The third-order valence-corrected chi connectivity index (χ3v) is 7.53. The average molecular weight is 467 g/mol. The van der Waals surface area contributed by atoms with E-state index in [1.165, 1.54) is 24.3 Å². The summed E-state index contributed by atoms with van der Waals surface area (Å²) in [7, 11) is -3.35. The average Bonchev–Trinajstić information content (AvgIpc) is 3.65. The van der Waals surface area contributed by atoms with E-state index in [-0.39, 0.29) is 21.5 Å². The van der Waals surface area contributed by atoms with Crippen LogP contribution in [0, 0.1) is 6.92 Å². The van der Waals surface area contributed by atoms with E-state index in [0.717, 1.165) is 11.8 Å². The zero-order valence-corrected chi connectivity index (χ0v) is 18.6. The van der Waals surface area contributed by atoms with Gasteiger partial charge >= 0.3 is 5.97 Å². The number of rotatable bonds is 8. The number of anilines is 1. The number of hydrogen-bond donors (Lipinski definition) is 2. The van der Waals surface area contributed by atoms with Crippen molar-refractivity contribution in [2.75, 3.05) is 5.32 Å². The van der Waals surface area contributed by atoms with Crippen molar-refractivity contribution in [3.8, 4) is 5.75 Å². The Balaban J connectivity index is 1.60. The van der Waals surface area contributed by atoms with E-state index in [9.17, 15) is 18.0 Å². The molecule has 170 valence electrons. The monoisotopic (exact) mass is 466 g/mol. The Bertz CT molecular complexity index is 1270. The van der Waals surface area contributed by atoms with Gasteiger partial charge in [-0.3, -0.25) is 4.79 Å². The van der Waals surface area contributed by atoms with Crippen molar-refractivity contribution in [2.24, 2.45) is 0 Å². The summed E-state index contributed by atoms with van der Waals surface area (Å²) < 4.78 is 30.9. The molecule has 8 nitrogen and oxygen atoms in total. The number of nitrogens with one attached hydrogen (secondary N) is 1. The van der Waals surface area contributed by atoms with E-state index in [4.69, 9.17) is 9.84 Å². The van der Waals surface area contributed by atoms with Crippen LogP contribution in [0.5, 0.6) is 5.75 Å². The SMILES string of the molecule is Cc1ccc(OC(C(=O)Nc2ccc(C(=O)O)cn2)c2ccc(S(=O)(=O)C3CC3)cc2)cc1. The molecule has 1 atom stereocenters. The molecule has 4 rings (SSSR count). The number of aromatic nitrogens is 1. The lowest BCUT2D eigenvalue weighted by molar-refractivity contribution is -0.123. The number of aromatic carboxylic acids is 1. The van der Waals surface area contributed by atoms with Gasteiger partial charge in [-0.05, 0) is 56.2 Å².